The van der Waals surface area contributed by atoms with E-state index in [1.807, 2.05) is 6.07 Å². The van der Waals surface area contributed by atoms with Gasteiger partial charge in [0.25, 0.3) is 0 Å². The fraction of sp³-hybridized carbons (Fsp3) is 0.294. The van der Waals surface area contributed by atoms with Crippen LogP contribution in [0, 0.1) is 11.6 Å². The van der Waals surface area contributed by atoms with Crippen LogP contribution in [0.1, 0.15) is 11.1 Å². The number of methoxy groups -OCH3 is 2. The quantitative estimate of drug-likeness (QED) is 0.832. The number of benzene rings is 2. The third-order valence-corrected chi connectivity index (χ3v) is 6.05. The Morgan fingerprint density at radius 3 is 2.20 bits per heavy atom. The van der Waals surface area contributed by atoms with Crippen molar-refractivity contribution in [1.82, 2.24) is 4.31 Å². The predicted octanol–water partition coefficient (Wildman–Crippen LogP) is 2.73. The molecule has 0 atom stereocenters. The Labute approximate surface area is 144 Å². The number of fused-ring (bicyclic) bond motifs is 1. The standard InChI is InChI=1S/C17H17F2NO4S/c1-23-16-7-11-5-6-20(10-12(11)8-17(16)24-2)25(21,22)13-3-4-14(18)15(19)9-13/h3-4,7-9H,5-6,10H2,1-2H3. The molecule has 0 saturated heterocycles. The topological polar surface area (TPSA) is 55.8 Å². The first-order valence-electron chi connectivity index (χ1n) is 7.56. The second kappa shape index (κ2) is 6.61. The monoisotopic (exact) mass is 369 g/mol. The van der Waals surface area contributed by atoms with Gasteiger partial charge in [0, 0.05) is 13.1 Å². The molecule has 2 aromatic carbocycles. The average Bonchev–Trinajstić information content (AvgIpc) is 2.62. The molecule has 1 aliphatic heterocycles. The van der Waals surface area contributed by atoms with E-state index in [2.05, 4.69) is 0 Å². The summed E-state index contributed by atoms with van der Waals surface area (Å²) in [5.41, 5.74) is 1.75. The van der Waals surface area contributed by atoms with Crippen molar-refractivity contribution in [3.05, 3.63) is 53.1 Å². The molecule has 0 radical (unpaired) electrons. The number of nitrogens with zero attached hydrogens (tertiary/aromatic N) is 1. The molecule has 2 aromatic rings. The Morgan fingerprint density at radius 2 is 1.60 bits per heavy atom. The lowest BCUT2D eigenvalue weighted by Gasteiger charge is -2.29. The van der Waals surface area contributed by atoms with E-state index < -0.39 is 21.7 Å². The highest BCUT2D eigenvalue weighted by atomic mass is 32.2. The lowest BCUT2D eigenvalue weighted by Crippen LogP contribution is -2.36. The van der Waals surface area contributed by atoms with Crippen LogP contribution < -0.4 is 9.47 Å². The van der Waals surface area contributed by atoms with Crippen molar-refractivity contribution in [2.24, 2.45) is 0 Å². The summed E-state index contributed by atoms with van der Waals surface area (Å²) in [5, 5.41) is 0. The van der Waals surface area contributed by atoms with E-state index >= 15 is 0 Å². The maximum absolute atomic E-state index is 13.4. The molecule has 1 aliphatic rings. The number of hydrogen-bond donors (Lipinski definition) is 0. The van der Waals surface area contributed by atoms with E-state index in [9.17, 15) is 17.2 Å². The molecule has 134 valence electrons. The molecular formula is C17H17F2NO4S. The molecule has 0 aromatic heterocycles. The van der Waals surface area contributed by atoms with Gasteiger partial charge in [0.15, 0.2) is 23.1 Å². The summed E-state index contributed by atoms with van der Waals surface area (Å²) < 4.78 is 63.7. The lowest BCUT2D eigenvalue weighted by atomic mass is 10.0. The van der Waals surface area contributed by atoms with Crippen LogP contribution in [-0.2, 0) is 23.0 Å². The van der Waals surface area contributed by atoms with Gasteiger partial charge in [-0.25, -0.2) is 17.2 Å². The second-order valence-electron chi connectivity index (χ2n) is 5.64. The first-order chi connectivity index (χ1) is 11.9. The van der Waals surface area contributed by atoms with Crippen molar-refractivity contribution in [2.45, 2.75) is 17.9 Å². The molecule has 0 bridgehead atoms. The van der Waals surface area contributed by atoms with Crippen molar-refractivity contribution in [3.63, 3.8) is 0 Å². The van der Waals surface area contributed by atoms with Crippen molar-refractivity contribution < 1.29 is 26.7 Å². The smallest absolute Gasteiger partial charge is 0.243 e. The molecule has 3 rings (SSSR count). The maximum atomic E-state index is 13.4. The van der Waals surface area contributed by atoms with Crippen LogP contribution in [0.4, 0.5) is 8.78 Å². The molecule has 0 N–H and O–H groups in total. The highest BCUT2D eigenvalue weighted by molar-refractivity contribution is 7.89. The molecule has 0 aliphatic carbocycles. The molecule has 8 heteroatoms. The lowest BCUT2D eigenvalue weighted by molar-refractivity contribution is 0.348. The van der Waals surface area contributed by atoms with Gasteiger partial charge in [-0.3, -0.25) is 0 Å². The molecular weight excluding hydrogens is 352 g/mol. The molecule has 0 unspecified atom stereocenters. The van der Waals surface area contributed by atoms with Crippen molar-refractivity contribution in [2.75, 3.05) is 20.8 Å². The van der Waals surface area contributed by atoms with Crippen LogP contribution in [0.15, 0.2) is 35.2 Å². The van der Waals surface area contributed by atoms with Crippen molar-refractivity contribution >= 4 is 10.0 Å². The Hall–Kier alpha value is -2.19. The summed E-state index contributed by atoms with van der Waals surface area (Å²) in [4.78, 5) is -0.268. The zero-order valence-electron chi connectivity index (χ0n) is 13.8. The molecule has 0 fully saturated rings. The normalized spacial score (nSPS) is 14.9. The van der Waals surface area contributed by atoms with Crippen LogP contribution in [0.2, 0.25) is 0 Å². The molecule has 5 nitrogen and oxygen atoms in total. The molecule has 25 heavy (non-hydrogen) atoms. The van der Waals surface area contributed by atoms with Crippen LogP contribution in [-0.4, -0.2) is 33.5 Å². The zero-order chi connectivity index (χ0) is 18.2. The fourth-order valence-electron chi connectivity index (χ4n) is 2.85. The first-order valence-corrected chi connectivity index (χ1v) is 9.00. The highest BCUT2D eigenvalue weighted by Gasteiger charge is 2.30. The largest absolute Gasteiger partial charge is 0.493 e. The van der Waals surface area contributed by atoms with E-state index in [0.29, 0.717) is 24.0 Å². The molecule has 0 amide bonds. The van der Waals surface area contributed by atoms with E-state index in [1.54, 1.807) is 6.07 Å². The van der Waals surface area contributed by atoms with E-state index in [0.717, 1.165) is 23.3 Å². The van der Waals surface area contributed by atoms with Crippen LogP contribution >= 0.6 is 0 Å². The van der Waals surface area contributed by atoms with Gasteiger partial charge in [-0.1, -0.05) is 0 Å². The Morgan fingerprint density at radius 1 is 0.960 bits per heavy atom. The number of halogens is 2. The number of rotatable bonds is 4. The van der Waals surface area contributed by atoms with Crippen LogP contribution in [0.25, 0.3) is 0 Å². The van der Waals surface area contributed by atoms with Gasteiger partial charge in [0.05, 0.1) is 19.1 Å². The minimum absolute atomic E-state index is 0.122. The van der Waals surface area contributed by atoms with Crippen LogP contribution in [0.5, 0.6) is 11.5 Å². The third-order valence-electron chi connectivity index (χ3n) is 4.21. The van der Waals surface area contributed by atoms with Crippen molar-refractivity contribution in [1.29, 1.82) is 0 Å². The predicted molar refractivity (Wildman–Crippen MR) is 87.2 cm³/mol. The summed E-state index contributed by atoms with van der Waals surface area (Å²) in [6.45, 7) is 0.362. The molecule has 0 saturated carbocycles. The maximum Gasteiger partial charge on any atom is 0.243 e. The number of ether oxygens (including phenoxy) is 2. The van der Waals surface area contributed by atoms with Gasteiger partial charge in [-0.2, -0.15) is 4.31 Å². The first kappa shape index (κ1) is 17.6. The van der Waals surface area contributed by atoms with E-state index in [-0.39, 0.29) is 18.0 Å². The summed E-state index contributed by atoms with van der Waals surface area (Å²) >= 11 is 0. The van der Waals surface area contributed by atoms with Gasteiger partial charge in [0.1, 0.15) is 0 Å². The SMILES string of the molecule is COc1cc2c(cc1OC)CN(S(=O)(=O)c1ccc(F)c(F)c1)CC2. The molecule has 0 spiro atoms. The third kappa shape index (κ3) is 3.19. The zero-order valence-corrected chi connectivity index (χ0v) is 14.6. The van der Waals surface area contributed by atoms with Gasteiger partial charge in [0.2, 0.25) is 10.0 Å². The van der Waals surface area contributed by atoms with Gasteiger partial charge < -0.3 is 9.47 Å². The van der Waals surface area contributed by atoms with E-state index in [1.165, 1.54) is 18.5 Å². The Balaban J connectivity index is 1.95. The van der Waals surface area contributed by atoms with Gasteiger partial charge in [-0.05, 0) is 47.9 Å². The number of hydrogen-bond acceptors (Lipinski definition) is 4. The van der Waals surface area contributed by atoms with Gasteiger partial charge in [-0.15, -0.1) is 0 Å². The summed E-state index contributed by atoms with van der Waals surface area (Å²) in [6, 6.07) is 6.15. The second-order valence-corrected chi connectivity index (χ2v) is 7.58. The van der Waals surface area contributed by atoms with E-state index in [4.69, 9.17) is 9.47 Å². The average molecular weight is 369 g/mol. The minimum atomic E-state index is -3.92. The Kier molecular flexibility index (Phi) is 4.66. The Bertz CT molecular complexity index is 915. The summed E-state index contributed by atoms with van der Waals surface area (Å²) in [6.07, 6.45) is 0.485. The summed E-state index contributed by atoms with van der Waals surface area (Å²) in [5.74, 6) is -1.18. The fourth-order valence-corrected chi connectivity index (χ4v) is 4.28. The van der Waals surface area contributed by atoms with Crippen molar-refractivity contribution in [3.8, 4) is 11.5 Å². The highest BCUT2D eigenvalue weighted by Crippen LogP contribution is 2.34. The van der Waals surface area contributed by atoms with Gasteiger partial charge >= 0.3 is 0 Å². The molecule has 1 heterocycles. The minimum Gasteiger partial charge on any atom is -0.493 e. The van der Waals surface area contributed by atoms with Crippen LogP contribution in [0.3, 0.4) is 0 Å². The number of sulfonamides is 1. The summed E-state index contributed by atoms with van der Waals surface area (Å²) in [7, 11) is -0.887.